The van der Waals surface area contributed by atoms with Crippen molar-refractivity contribution in [2.45, 2.75) is 5.16 Å². The molecule has 70 valence electrons. The van der Waals surface area contributed by atoms with E-state index in [2.05, 4.69) is 33.0 Å². The van der Waals surface area contributed by atoms with Gasteiger partial charge in [0.05, 0.1) is 0 Å². The third-order valence-electron chi connectivity index (χ3n) is 1.12. The molecule has 0 unspecified atom stereocenters. The van der Waals surface area contributed by atoms with E-state index in [0.717, 1.165) is 0 Å². The van der Waals surface area contributed by atoms with Crippen LogP contribution in [0.2, 0.25) is 0 Å². The number of hydrogen-bond donors (Lipinski definition) is 2. The minimum atomic E-state index is 0.639. The van der Waals surface area contributed by atoms with E-state index in [1.807, 2.05) is 7.05 Å². The van der Waals surface area contributed by atoms with Crippen LogP contribution in [0.5, 0.6) is 0 Å². The molecule has 0 aliphatic rings. The summed E-state index contributed by atoms with van der Waals surface area (Å²) >= 11 is 3.94. The van der Waals surface area contributed by atoms with Crippen LogP contribution in [0, 0.1) is 0 Å². The summed E-state index contributed by atoms with van der Waals surface area (Å²) in [6.45, 7) is 0. The summed E-state index contributed by atoms with van der Waals surface area (Å²) in [4.78, 5) is 0. The fourth-order valence-corrected chi connectivity index (χ4v) is 0.589. The Morgan fingerprint density at radius 1 is 1.23 bits per heavy atom. The van der Waals surface area contributed by atoms with E-state index in [-0.39, 0.29) is 0 Å². The number of aromatic nitrogens is 6. The Bertz CT molecular complexity index is 323. The van der Waals surface area contributed by atoms with E-state index < -0.39 is 0 Å². The van der Waals surface area contributed by atoms with Gasteiger partial charge >= 0.3 is 0 Å². The van der Waals surface area contributed by atoms with Crippen LogP contribution in [-0.4, -0.2) is 29.6 Å². The Morgan fingerprint density at radius 2 is 1.85 bits per heavy atom. The summed E-state index contributed by atoms with van der Waals surface area (Å²) in [5.74, 6) is 5.07. The molecule has 0 atom stereocenters. The molecule has 0 aliphatic heterocycles. The molecule has 2 aromatic rings. The average molecular weight is 199 g/mol. The lowest BCUT2D eigenvalue weighted by Crippen LogP contribution is -2.02. The molecule has 8 heteroatoms. The summed E-state index contributed by atoms with van der Waals surface area (Å²) in [7, 11) is 1.84. The number of aryl methyl sites for hydroxylation is 1. The first-order chi connectivity index (χ1) is 6.20. The standard InChI is InChI=1S/C3H5N3S.C2H4N4/c1-6-2-4-5-3(6)7;3-6-1-4-5-2-6/h2H,1H3,(H,5,7);1-2H,3H2. The van der Waals surface area contributed by atoms with Gasteiger partial charge in [0.25, 0.3) is 0 Å². The van der Waals surface area contributed by atoms with E-state index in [1.54, 1.807) is 10.9 Å². The summed E-state index contributed by atoms with van der Waals surface area (Å²) in [6, 6.07) is 0. The van der Waals surface area contributed by atoms with Crippen LogP contribution >= 0.6 is 12.6 Å². The Labute approximate surface area is 80.0 Å². The molecule has 2 heterocycles. The summed E-state index contributed by atoms with van der Waals surface area (Å²) in [6.07, 6.45) is 4.43. The zero-order valence-corrected chi connectivity index (χ0v) is 7.83. The van der Waals surface area contributed by atoms with Crippen molar-refractivity contribution >= 4 is 12.6 Å². The molecule has 2 N–H and O–H groups in total. The zero-order valence-electron chi connectivity index (χ0n) is 6.94. The number of hydrogen-bond acceptors (Lipinski definition) is 6. The average Bonchev–Trinajstić information content (AvgIpc) is 2.67. The van der Waals surface area contributed by atoms with Crippen molar-refractivity contribution in [1.82, 2.24) is 29.6 Å². The van der Waals surface area contributed by atoms with Crippen LogP contribution in [0.25, 0.3) is 0 Å². The van der Waals surface area contributed by atoms with Crippen molar-refractivity contribution in [2.24, 2.45) is 7.05 Å². The van der Waals surface area contributed by atoms with Gasteiger partial charge in [-0.3, -0.25) is 0 Å². The molecule has 0 radical (unpaired) electrons. The van der Waals surface area contributed by atoms with E-state index in [4.69, 9.17) is 5.84 Å². The molecule has 0 fully saturated rings. The van der Waals surface area contributed by atoms with Crippen molar-refractivity contribution in [2.75, 3.05) is 5.84 Å². The maximum atomic E-state index is 5.07. The van der Waals surface area contributed by atoms with Gasteiger partial charge in [-0.2, -0.15) is 0 Å². The van der Waals surface area contributed by atoms with Crippen LogP contribution in [0.15, 0.2) is 24.1 Å². The smallest absolute Gasteiger partial charge is 0.187 e. The molecule has 0 saturated carbocycles. The van der Waals surface area contributed by atoms with Gasteiger partial charge in [0, 0.05) is 7.05 Å². The fraction of sp³-hybridized carbons (Fsp3) is 0.200. The number of rotatable bonds is 0. The number of nitrogens with two attached hydrogens (primary N) is 1. The van der Waals surface area contributed by atoms with Gasteiger partial charge in [0.1, 0.15) is 19.0 Å². The summed E-state index contributed by atoms with van der Waals surface area (Å²) in [5.41, 5.74) is 0. The molecule has 0 bridgehead atoms. The minimum Gasteiger partial charge on any atom is -0.337 e. The predicted molar refractivity (Wildman–Crippen MR) is 48.4 cm³/mol. The van der Waals surface area contributed by atoms with Crippen LogP contribution in [0.3, 0.4) is 0 Å². The molecule has 0 spiro atoms. The lowest BCUT2D eigenvalue weighted by Gasteiger charge is -1.83. The molecule has 13 heavy (non-hydrogen) atoms. The van der Waals surface area contributed by atoms with Gasteiger partial charge in [-0.25, -0.2) is 4.68 Å². The fourth-order valence-electron chi connectivity index (χ4n) is 0.486. The van der Waals surface area contributed by atoms with E-state index >= 15 is 0 Å². The quantitative estimate of drug-likeness (QED) is 0.424. The first-order valence-electron chi connectivity index (χ1n) is 3.33. The second kappa shape index (κ2) is 4.45. The third-order valence-corrected chi connectivity index (χ3v) is 1.53. The monoisotopic (exact) mass is 199 g/mol. The van der Waals surface area contributed by atoms with Crippen LogP contribution < -0.4 is 5.84 Å². The number of nitrogen functional groups attached to an aromatic ring is 1. The lowest BCUT2D eigenvalue weighted by atomic mass is 11.1. The molecular formula is C5H9N7S. The normalized spacial score (nSPS) is 9.08. The van der Waals surface area contributed by atoms with E-state index in [0.29, 0.717) is 5.16 Å². The SMILES string of the molecule is Cn1cnnc1S.Nn1cnnc1. The van der Waals surface area contributed by atoms with Crippen molar-refractivity contribution in [3.05, 3.63) is 19.0 Å². The van der Waals surface area contributed by atoms with E-state index in [1.165, 1.54) is 17.3 Å². The topological polar surface area (TPSA) is 87.4 Å². The predicted octanol–water partition coefficient (Wildman–Crippen LogP) is -0.904. The summed E-state index contributed by atoms with van der Waals surface area (Å²) < 4.78 is 3.00. The molecule has 0 aromatic carbocycles. The summed E-state index contributed by atoms with van der Waals surface area (Å²) in [5, 5.41) is 14.6. The second-order valence-electron chi connectivity index (χ2n) is 2.15. The highest BCUT2D eigenvalue weighted by molar-refractivity contribution is 7.80. The zero-order chi connectivity index (χ0) is 9.68. The molecule has 0 amide bonds. The first-order valence-corrected chi connectivity index (χ1v) is 3.77. The Hall–Kier alpha value is -1.57. The van der Waals surface area contributed by atoms with Crippen molar-refractivity contribution in [3.63, 3.8) is 0 Å². The van der Waals surface area contributed by atoms with Gasteiger partial charge in [-0.05, 0) is 0 Å². The Morgan fingerprint density at radius 3 is 2.00 bits per heavy atom. The van der Waals surface area contributed by atoms with Crippen LogP contribution in [0.1, 0.15) is 0 Å². The number of thiol groups is 1. The first kappa shape index (κ1) is 9.52. The molecule has 0 aliphatic carbocycles. The Balaban J connectivity index is 0.000000132. The highest BCUT2D eigenvalue weighted by Crippen LogP contribution is 1.93. The Kier molecular flexibility index (Phi) is 3.26. The van der Waals surface area contributed by atoms with Crippen molar-refractivity contribution in [1.29, 1.82) is 0 Å². The molecule has 0 saturated heterocycles. The van der Waals surface area contributed by atoms with Gasteiger partial charge < -0.3 is 10.4 Å². The maximum absolute atomic E-state index is 5.07. The highest BCUT2D eigenvalue weighted by atomic mass is 32.1. The molecule has 2 rings (SSSR count). The highest BCUT2D eigenvalue weighted by Gasteiger charge is 1.86. The molecule has 7 nitrogen and oxygen atoms in total. The minimum absolute atomic E-state index is 0.639. The molecule has 2 aromatic heterocycles. The number of nitrogens with zero attached hydrogens (tertiary/aromatic N) is 6. The third kappa shape index (κ3) is 3.11. The van der Waals surface area contributed by atoms with Gasteiger partial charge in [-0.15, -0.1) is 33.0 Å². The van der Waals surface area contributed by atoms with Crippen LogP contribution in [0.4, 0.5) is 0 Å². The van der Waals surface area contributed by atoms with Gasteiger partial charge in [0.15, 0.2) is 5.16 Å². The lowest BCUT2D eigenvalue weighted by molar-refractivity contribution is 0.793. The second-order valence-corrected chi connectivity index (χ2v) is 2.55. The van der Waals surface area contributed by atoms with Crippen molar-refractivity contribution < 1.29 is 0 Å². The van der Waals surface area contributed by atoms with Gasteiger partial charge in [0.2, 0.25) is 0 Å². The van der Waals surface area contributed by atoms with Crippen molar-refractivity contribution in [3.8, 4) is 0 Å². The molecular weight excluding hydrogens is 190 g/mol. The van der Waals surface area contributed by atoms with Gasteiger partial charge in [-0.1, -0.05) is 0 Å². The van der Waals surface area contributed by atoms with Crippen LogP contribution in [-0.2, 0) is 7.05 Å². The maximum Gasteiger partial charge on any atom is 0.187 e. The van der Waals surface area contributed by atoms with E-state index in [9.17, 15) is 0 Å². The largest absolute Gasteiger partial charge is 0.337 e.